The van der Waals surface area contributed by atoms with E-state index in [1.54, 1.807) is 44.7 Å². The zero-order chi connectivity index (χ0) is 21.6. The molecular weight excluding hydrogens is 414 g/mol. The number of anilines is 1. The molecule has 0 bridgehead atoms. The summed E-state index contributed by atoms with van der Waals surface area (Å²) in [5.41, 5.74) is 1.75. The highest BCUT2D eigenvalue weighted by molar-refractivity contribution is 7.14. The molecule has 156 valence electrons. The highest BCUT2D eigenvalue weighted by atomic mass is 32.1. The van der Waals surface area contributed by atoms with Gasteiger partial charge in [-0.2, -0.15) is 0 Å². The molecule has 2 aromatic heterocycles. The van der Waals surface area contributed by atoms with Gasteiger partial charge in [0.2, 0.25) is 5.88 Å². The van der Waals surface area contributed by atoms with Crippen molar-refractivity contribution in [2.45, 2.75) is 0 Å². The lowest BCUT2D eigenvalue weighted by Gasteiger charge is -2.09. The van der Waals surface area contributed by atoms with Crippen LogP contribution in [-0.4, -0.2) is 30.1 Å². The summed E-state index contributed by atoms with van der Waals surface area (Å²) < 4.78 is 16.5. The van der Waals surface area contributed by atoms with Gasteiger partial charge >= 0.3 is 0 Å². The van der Waals surface area contributed by atoms with E-state index in [0.717, 1.165) is 5.56 Å². The number of nitrogens with zero attached hydrogens (tertiary/aromatic N) is 2. The third-order valence-corrected chi connectivity index (χ3v) is 5.14. The van der Waals surface area contributed by atoms with Crippen LogP contribution in [0.1, 0.15) is 10.4 Å². The number of ether oxygens (including phenoxy) is 3. The van der Waals surface area contributed by atoms with Gasteiger partial charge in [0.05, 0.1) is 19.9 Å². The molecule has 1 N–H and O–H groups in total. The van der Waals surface area contributed by atoms with Crippen LogP contribution in [0.5, 0.6) is 23.1 Å². The molecule has 4 aromatic rings. The van der Waals surface area contributed by atoms with Crippen molar-refractivity contribution in [3.05, 3.63) is 77.8 Å². The van der Waals surface area contributed by atoms with E-state index in [9.17, 15) is 4.79 Å². The average molecular weight is 433 g/mol. The maximum absolute atomic E-state index is 12.9. The number of para-hydroxylation sites is 1. The maximum atomic E-state index is 12.9. The summed E-state index contributed by atoms with van der Waals surface area (Å²) in [6.07, 6.45) is 1.58. The minimum atomic E-state index is -0.363. The van der Waals surface area contributed by atoms with Crippen LogP contribution in [0.25, 0.3) is 11.3 Å². The van der Waals surface area contributed by atoms with Crippen molar-refractivity contribution in [2.75, 3.05) is 19.5 Å². The van der Waals surface area contributed by atoms with Crippen molar-refractivity contribution >= 4 is 22.4 Å². The largest absolute Gasteiger partial charge is 0.497 e. The lowest BCUT2D eigenvalue weighted by Crippen LogP contribution is -2.13. The lowest BCUT2D eigenvalue weighted by atomic mass is 10.1. The third kappa shape index (κ3) is 4.65. The van der Waals surface area contributed by atoms with Crippen molar-refractivity contribution in [1.82, 2.24) is 9.97 Å². The standard InChI is InChI=1S/C23H19N3O4S/c1-28-16-10-11-20(29-2)18(13-16)19-14-31-23(25-19)26-21(27)17-9-6-12-24-22(17)30-15-7-4-3-5-8-15/h3-14H,1-2H3,(H,25,26,27). The quantitative estimate of drug-likeness (QED) is 0.428. The number of hydrogen-bond acceptors (Lipinski definition) is 7. The van der Waals surface area contributed by atoms with E-state index >= 15 is 0 Å². The Morgan fingerprint density at radius 1 is 0.968 bits per heavy atom. The minimum absolute atomic E-state index is 0.220. The molecule has 31 heavy (non-hydrogen) atoms. The van der Waals surface area contributed by atoms with Gasteiger partial charge in [-0.25, -0.2) is 9.97 Å². The second kappa shape index (κ2) is 9.27. The molecule has 0 fully saturated rings. The number of methoxy groups -OCH3 is 2. The van der Waals surface area contributed by atoms with Crippen LogP contribution in [0.3, 0.4) is 0 Å². The topological polar surface area (TPSA) is 82.6 Å². The second-order valence-corrected chi connectivity index (χ2v) is 7.19. The van der Waals surface area contributed by atoms with E-state index in [1.807, 2.05) is 41.8 Å². The van der Waals surface area contributed by atoms with E-state index in [4.69, 9.17) is 14.2 Å². The molecule has 0 saturated carbocycles. The highest BCUT2D eigenvalue weighted by Crippen LogP contribution is 2.35. The molecule has 0 saturated heterocycles. The zero-order valence-electron chi connectivity index (χ0n) is 16.9. The molecule has 2 heterocycles. The first-order valence-electron chi connectivity index (χ1n) is 9.35. The Balaban J connectivity index is 1.56. The fourth-order valence-electron chi connectivity index (χ4n) is 2.88. The fraction of sp³-hybridized carbons (Fsp3) is 0.0870. The zero-order valence-corrected chi connectivity index (χ0v) is 17.7. The first kappa shape index (κ1) is 20.4. The monoisotopic (exact) mass is 433 g/mol. The second-order valence-electron chi connectivity index (χ2n) is 6.33. The Morgan fingerprint density at radius 3 is 2.58 bits per heavy atom. The SMILES string of the molecule is COc1ccc(OC)c(-c2csc(NC(=O)c3cccnc3Oc3ccccc3)n2)c1. The van der Waals surface area contributed by atoms with Crippen LogP contribution < -0.4 is 19.5 Å². The number of rotatable bonds is 7. The molecule has 1 amide bonds. The molecule has 0 aliphatic heterocycles. The van der Waals surface area contributed by atoms with Crippen molar-refractivity contribution < 1.29 is 19.0 Å². The van der Waals surface area contributed by atoms with Gasteiger partial charge in [-0.1, -0.05) is 18.2 Å². The van der Waals surface area contributed by atoms with Gasteiger partial charge < -0.3 is 14.2 Å². The summed E-state index contributed by atoms with van der Waals surface area (Å²) in [6.45, 7) is 0. The number of aromatic nitrogens is 2. The highest BCUT2D eigenvalue weighted by Gasteiger charge is 2.17. The molecule has 7 nitrogen and oxygen atoms in total. The van der Waals surface area contributed by atoms with E-state index < -0.39 is 0 Å². The fourth-order valence-corrected chi connectivity index (χ4v) is 3.58. The van der Waals surface area contributed by atoms with Gasteiger partial charge in [-0.05, 0) is 42.5 Å². The number of hydrogen-bond donors (Lipinski definition) is 1. The molecule has 0 aliphatic carbocycles. The summed E-state index contributed by atoms with van der Waals surface area (Å²) in [5, 5.41) is 5.11. The molecule has 0 aliphatic rings. The Labute approximate surface area is 183 Å². The van der Waals surface area contributed by atoms with E-state index in [-0.39, 0.29) is 11.8 Å². The third-order valence-electron chi connectivity index (χ3n) is 4.38. The Morgan fingerprint density at radius 2 is 1.81 bits per heavy atom. The van der Waals surface area contributed by atoms with E-state index in [1.165, 1.54) is 11.3 Å². The molecule has 2 aromatic carbocycles. The minimum Gasteiger partial charge on any atom is -0.497 e. The number of benzene rings is 2. The molecule has 0 unspecified atom stereocenters. The van der Waals surface area contributed by atoms with E-state index in [0.29, 0.717) is 33.6 Å². The first-order valence-corrected chi connectivity index (χ1v) is 10.2. The summed E-state index contributed by atoms with van der Waals surface area (Å²) in [4.78, 5) is 21.6. The number of nitrogens with one attached hydrogen (secondary N) is 1. The van der Waals surface area contributed by atoms with Gasteiger partial charge in [0.15, 0.2) is 5.13 Å². The summed E-state index contributed by atoms with van der Waals surface area (Å²) >= 11 is 1.31. The van der Waals surface area contributed by atoms with Crippen LogP contribution in [0, 0.1) is 0 Å². The predicted octanol–water partition coefficient (Wildman–Crippen LogP) is 5.27. The number of pyridine rings is 1. The van der Waals surface area contributed by atoms with Gasteiger partial charge in [0.25, 0.3) is 5.91 Å². The summed E-state index contributed by atoms with van der Waals surface area (Å²) in [6, 6.07) is 18.0. The first-order chi connectivity index (χ1) is 15.2. The summed E-state index contributed by atoms with van der Waals surface area (Å²) in [7, 11) is 3.19. The van der Waals surface area contributed by atoms with Gasteiger partial charge in [-0.15, -0.1) is 11.3 Å². The number of carbonyl (C=O) groups excluding carboxylic acids is 1. The lowest BCUT2D eigenvalue weighted by molar-refractivity contribution is 0.102. The van der Waals surface area contributed by atoms with Crippen LogP contribution >= 0.6 is 11.3 Å². The Kier molecular flexibility index (Phi) is 6.09. The Bertz CT molecular complexity index is 1190. The normalized spacial score (nSPS) is 10.4. The molecule has 4 rings (SSSR count). The number of carbonyl (C=O) groups is 1. The van der Waals surface area contributed by atoms with Crippen molar-refractivity contribution in [3.63, 3.8) is 0 Å². The molecular formula is C23H19N3O4S. The molecule has 8 heteroatoms. The van der Waals surface area contributed by atoms with Crippen molar-refractivity contribution in [2.24, 2.45) is 0 Å². The average Bonchev–Trinajstić information content (AvgIpc) is 3.28. The van der Waals surface area contributed by atoms with Gasteiger partial charge in [0.1, 0.15) is 22.8 Å². The van der Waals surface area contributed by atoms with Crippen molar-refractivity contribution in [1.29, 1.82) is 0 Å². The van der Waals surface area contributed by atoms with Crippen LogP contribution in [0.4, 0.5) is 5.13 Å². The summed E-state index contributed by atoms with van der Waals surface area (Å²) in [5.74, 6) is 1.80. The molecule has 0 radical (unpaired) electrons. The molecule has 0 atom stereocenters. The predicted molar refractivity (Wildman–Crippen MR) is 119 cm³/mol. The Hall–Kier alpha value is -3.91. The van der Waals surface area contributed by atoms with Crippen molar-refractivity contribution in [3.8, 4) is 34.4 Å². The number of amides is 1. The number of thiazole rings is 1. The molecule has 0 spiro atoms. The maximum Gasteiger partial charge on any atom is 0.262 e. The van der Waals surface area contributed by atoms with Crippen LogP contribution in [0.2, 0.25) is 0 Å². The van der Waals surface area contributed by atoms with E-state index in [2.05, 4.69) is 15.3 Å². The smallest absolute Gasteiger partial charge is 0.262 e. The van der Waals surface area contributed by atoms with Crippen LogP contribution in [0.15, 0.2) is 72.2 Å². The van der Waals surface area contributed by atoms with Gasteiger partial charge in [0, 0.05) is 17.1 Å². The van der Waals surface area contributed by atoms with Gasteiger partial charge in [-0.3, -0.25) is 10.1 Å². The van der Waals surface area contributed by atoms with Crippen LogP contribution in [-0.2, 0) is 0 Å².